The maximum atomic E-state index is 12.1. The number of carbonyl (C=O) groups is 3. The van der Waals surface area contributed by atoms with Gasteiger partial charge in [-0.25, -0.2) is 4.79 Å². The van der Waals surface area contributed by atoms with Crippen LogP contribution >= 0.6 is 0 Å². The van der Waals surface area contributed by atoms with Gasteiger partial charge in [-0.05, 0) is 6.92 Å². The third-order valence-electron chi connectivity index (χ3n) is 3.26. The molecule has 4 amide bonds. The zero-order valence-electron chi connectivity index (χ0n) is 10.7. The van der Waals surface area contributed by atoms with E-state index in [1.165, 1.54) is 4.90 Å². The molecule has 2 unspecified atom stereocenters. The average molecular weight is 271 g/mol. The lowest BCUT2D eigenvalue weighted by Gasteiger charge is -2.37. The fraction of sp³-hybridized carbons (Fsp3) is 0.727. The van der Waals surface area contributed by atoms with Crippen molar-refractivity contribution in [1.29, 1.82) is 0 Å². The van der Waals surface area contributed by atoms with E-state index in [4.69, 9.17) is 9.84 Å². The summed E-state index contributed by atoms with van der Waals surface area (Å²) in [5.41, 5.74) is 0. The van der Waals surface area contributed by atoms with Crippen molar-refractivity contribution in [3.8, 4) is 0 Å². The van der Waals surface area contributed by atoms with Gasteiger partial charge in [-0.3, -0.25) is 14.5 Å². The van der Waals surface area contributed by atoms with Gasteiger partial charge in [-0.15, -0.1) is 0 Å². The first-order valence-electron chi connectivity index (χ1n) is 6.13. The van der Waals surface area contributed by atoms with Gasteiger partial charge in [-0.1, -0.05) is 0 Å². The summed E-state index contributed by atoms with van der Waals surface area (Å²) in [6.45, 7) is 1.91. The summed E-state index contributed by atoms with van der Waals surface area (Å²) in [6.07, 6.45) is -0.414. The van der Waals surface area contributed by atoms with Gasteiger partial charge in [0.05, 0.1) is 31.9 Å². The summed E-state index contributed by atoms with van der Waals surface area (Å²) in [4.78, 5) is 37.3. The molecule has 2 aliphatic rings. The smallest absolute Gasteiger partial charge is 0.325 e. The van der Waals surface area contributed by atoms with Crippen LogP contribution in [0, 0.1) is 0 Å². The van der Waals surface area contributed by atoms with Crippen LogP contribution in [0.2, 0.25) is 0 Å². The molecular formula is C11H17N3O5. The Balaban J connectivity index is 1.98. The largest absolute Gasteiger partial charge is 0.394 e. The number of urea groups is 1. The molecular weight excluding hydrogens is 254 g/mol. The molecule has 2 atom stereocenters. The van der Waals surface area contributed by atoms with Crippen molar-refractivity contribution in [1.82, 2.24) is 15.1 Å². The molecule has 2 N–H and O–H groups in total. The predicted octanol–water partition coefficient (Wildman–Crippen LogP) is -1.85. The van der Waals surface area contributed by atoms with Crippen LogP contribution in [0.3, 0.4) is 0 Å². The number of imide groups is 1. The van der Waals surface area contributed by atoms with Crippen molar-refractivity contribution in [2.75, 3.05) is 32.8 Å². The van der Waals surface area contributed by atoms with Crippen LogP contribution in [0.1, 0.15) is 6.92 Å². The number of amides is 4. The molecule has 2 saturated heterocycles. The van der Waals surface area contributed by atoms with E-state index in [0.29, 0.717) is 6.61 Å². The van der Waals surface area contributed by atoms with Gasteiger partial charge in [0.15, 0.2) is 0 Å². The number of aliphatic hydroxyl groups is 1. The number of rotatable bonds is 3. The molecule has 0 aromatic carbocycles. The van der Waals surface area contributed by atoms with Crippen LogP contribution in [0.15, 0.2) is 0 Å². The van der Waals surface area contributed by atoms with Gasteiger partial charge in [0.25, 0.3) is 5.91 Å². The number of nitrogens with zero attached hydrogens (tertiary/aromatic N) is 2. The number of carbonyl (C=O) groups excluding carboxylic acids is 3. The molecule has 106 valence electrons. The van der Waals surface area contributed by atoms with Crippen molar-refractivity contribution in [3.63, 3.8) is 0 Å². The van der Waals surface area contributed by atoms with E-state index >= 15 is 0 Å². The minimum atomic E-state index is -0.544. The van der Waals surface area contributed by atoms with Crippen molar-refractivity contribution < 1.29 is 24.2 Å². The van der Waals surface area contributed by atoms with Crippen LogP contribution in [-0.4, -0.2) is 77.7 Å². The van der Waals surface area contributed by atoms with E-state index in [1.807, 2.05) is 6.92 Å². The molecule has 0 bridgehead atoms. The maximum Gasteiger partial charge on any atom is 0.325 e. The molecule has 8 heteroatoms. The maximum absolute atomic E-state index is 12.1. The molecule has 8 nitrogen and oxygen atoms in total. The Bertz CT molecular complexity index is 384. The summed E-state index contributed by atoms with van der Waals surface area (Å²) < 4.78 is 5.33. The van der Waals surface area contributed by atoms with Crippen LogP contribution in [0.25, 0.3) is 0 Å². The van der Waals surface area contributed by atoms with Crippen LogP contribution < -0.4 is 5.32 Å². The fourth-order valence-electron chi connectivity index (χ4n) is 2.12. The first-order chi connectivity index (χ1) is 9.02. The highest BCUT2D eigenvalue weighted by molar-refractivity contribution is 6.04. The van der Waals surface area contributed by atoms with Crippen molar-refractivity contribution in [2.24, 2.45) is 0 Å². The topological polar surface area (TPSA) is 99.2 Å². The highest BCUT2D eigenvalue weighted by Crippen LogP contribution is 2.12. The zero-order valence-corrected chi connectivity index (χ0v) is 10.7. The third kappa shape index (κ3) is 2.85. The molecule has 2 aliphatic heterocycles. The first-order valence-corrected chi connectivity index (χ1v) is 6.13. The Kier molecular flexibility index (Phi) is 4.01. The minimum Gasteiger partial charge on any atom is -0.394 e. The molecule has 2 heterocycles. The SMILES string of the molecule is CC1COC(CO)CN1C(=O)CN1C(=O)CNC1=O. The Morgan fingerprint density at radius 1 is 1.53 bits per heavy atom. The quantitative estimate of drug-likeness (QED) is 0.587. The summed E-state index contributed by atoms with van der Waals surface area (Å²) in [5.74, 6) is -0.724. The number of nitrogens with one attached hydrogen (secondary N) is 1. The lowest BCUT2D eigenvalue weighted by molar-refractivity contribution is -0.148. The van der Waals surface area contributed by atoms with Crippen LogP contribution in [0.4, 0.5) is 4.79 Å². The number of hydrogen-bond acceptors (Lipinski definition) is 5. The molecule has 0 aromatic rings. The summed E-state index contributed by atoms with van der Waals surface area (Å²) in [7, 11) is 0. The van der Waals surface area contributed by atoms with Crippen LogP contribution in [-0.2, 0) is 14.3 Å². The summed E-state index contributed by atoms with van der Waals surface area (Å²) >= 11 is 0. The molecule has 0 aromatic heterocycles. The summed E-state index contributed by atoms with van der Waals surface area (Å²) in [5, 5.41) is 11.4. The van der Waals surface area contributed by atoms with Crippen molar-refractivity contribution >= 4 is 17.8 Å². The van der Waals surface area contributed by atoms with Gasteiger partial charge < -0.3 is 20.1 Å². The highest BCUT2D eigenvalue weighted by Gasteiger charge is 2.35. The van der Waals surface area contributed by atoms with Crippen LogP contribution in [0.5, 0.6) is 0 Å². The first kappa shape index (κ1) is 13.8. The average Bonchev–Trinajstić information content (AvgIpc) is 2.71. The number of aliphatic hydroxyl groups excluding tert-OH is 1. The van der Waals surface area contributed by atoms with E-state index in [0.717, 1.165) is 4.90 Å². The van der Waals surface area contributed by atoms with E-state index in [1.54, 1.807) is 0 Å². The highest BCUT2D eigenvalue weighted by atomic mass is 16.5. The van der Waals surface area contributed by atoms with Crippen molar-refractivity contribution in [2.45, 2.75) is 19.1 Å². The van der Waals surface area contributed by atoms with E-state index < -0.39 is 18.0 Å². The number of ether oxygens (including phenoxy) is 1. The Hall–Kier alpha value is -1.67. The molecule has 0 aliphatic carbocycles. The molecule has 0 radical (unpaired) electrons. The molecule has 0 saturated carbocycles. The van der Waals surface area contributed by atoms with Gasteiger partial charge >= 0.3 is 6.03 Å². The second-order valence-corrected chi connectivity index (χ2v) is 4.67. The zero-order chi connectivity index (χ0) is 14.0. The number of morpholine rings is 1. The third-order valence-corrected chi connectivity index (χ3v) is 3.26. The number of hydrogen-bond donors (Lipinski definition) is 2. The molecule has 19 heavy (non-hydrogen) atoms. The second kappa shape index (κ2) is 5.54. The standard InChI is InChI=1S/C11H17N3O5/c1-7-6-19-8(5-15)3-13(7)10(17)4-14-9(16)2-12-11(14)18/h7-8,15H,2-6H2,1H3,(H,12,18). The molecule has 0 spiro atoms. The minimum absolute atomic E-state index is 0.0654. The second-order valence-electron chi connectivity index (χ2n) is 4.67. The van der Waals surface area contributed by atoms with Gasteiger partial charge in [0, 0.05) is 6.54 Å². The normalized spacial score (nSPS) is 27.7. The van der Waals surface area contributed by atoms with E-state index in [9.17, 15) is 14.4 Å². The molecule has 2 fully saturated rings. The fourth-order valence-corrected chi connectivity index (χ4v) is 2.12. The lowest BCUT2D eigenvalue weighted by atomic mass is 10.2. The molecule has 2 rings (SSSR count). The van der Waals surface area contributed by atoms with Crippen molar-refractivity contribution in [3.05, 3.63) is 0 Å². The van der Waals surface area contributed by atoms with E-state index in [-0.39, 0.29) is 38.2 Å². The monoisotopic (exact) mass is 271 g/mol. The predicted molar refractivity (Wildman–Crippen MR) is 63.1 cm³/mol. The van der Waals surface area contributed by atoms with Gasteiger partial charge in [0.1, 0.15) is 6.54 Å². The summed E-state index contributed by atoms with van der Waals surface area (Å²) in [6, 6.07) is -0.686. The van der Waals surface area contributed by atoms with Gasteiger partial charge in [0.2, 0.25) is 5.91 Å². The van der Waals surface area contributed by atoms with E-state index in [2.05, 4.69) is 5.32 Å². The Labute approximate surface area is 110 Å². The lowest BCUT2D eigenvalue weighted by Crippen LogP contribution is -2.54. The Morgan fingerprint density at radius 2 is 2.26 bits per heavy atom. The Morgan fingerprint density at radius 3 is 2.84 bits per heavy atom. The van der Waals surface area contributed by atoms with Gasteiger partial charge in [-0.2, -0.15) is 0 Å².